The predicted molar refractivity (Wildman–Crippen MR) is 143 cm³/mol. The minimum Gasteiger partial charge on any atom is -0.493 e. The van der Waals surface area contributed by atoms with Gasteiger partial charge in [0.05, 0.1) is 19.1 Å². The minimum absolute atomic E-state index is 0.0334. The van der Waals surface area contributed by atoms with E-state index in [1.165, 1.54) is 5.57 Å². The van der Waals surface area contributed by atoms with Crippen LogP contribution in [0.5, 0.6) is 5.75 Å². The van der Waals surface area contributed by atoms with Gasteiger partial charge in [-0.25, -0.2) is 0 Å². The molecule has 0 radical (unpaired) electrons. The number of carboxylic acids is 1. The zero-order valence-corrected chi connectivity index (χ0v) is 22.8. The van der Waals surface area contributed by atoms with E-state index in [-0.39, 0.29) is 29.8 Å². The number of nitrogens with zero attached hydrogens (tertiary/aromatic N) is 2. The van der Waals surface area contributed by atoms with E-state index in [9.17, 15) is 14.7 Å². The molecular formula is C29H45N3O4. The molecule has 7 heteroatoms. The largest absolute Gasteiger partial charge is 0.493 e. The third-order valence-electron chi connectivity index (χ3n) is 7.46. The summed E-state index contributed by atoms with van der Waals surface area (Å²) < 4.78 is 5.68. The lowest BCUT2D eigenvalue weighted by atomic mass is 9.77. The van der Waals surface area contributed by atoms with Gasteiger partial charge >= 0.3 is 5.97 Å². The van der Waals surface area contributed by atoms with E-state index in [2.05, 4.69) is 51.7 Å². The van der Waals surface area contributed by atoms with E-state index < -0.39 is 11.9 Å². The molecule has 200 valence electrons. The number of carbonyl (C=O) groups is 2. The normalized spacial score (nSPS) is 21.7. The first-order chi connectivity index (χ1) is 17.1. The van der Waals surface area contributed by atoms with Crippen molar-refractivity contribution in [2.75, 3.05) is 39.3 Å². The fourth-order valence-electron chi connectivity index (χ4n) is 6.04. The Kier molecular flexibility index (Phi) is 9.59. The number of unbranched alkanes of at least 4 members (excludes halogenated alkanes) is 1. The van der Waals surface area contributed by atoms with Gasteiger partial charge in [-0.2, -0.15) is 0 Å². The predicted octanol–water partition coefficient (Wildman–Crippen LogP) is 4.06. The smallest absolute Gasteiger partial charge is 0.308 e. The third kappa shape index (κ3) is 6.88. The molecule has 2 aliphatic heterocycles. The van der Waals surface area contributed by atoms with Crippen LogP contribution in [0.3, 0.4) is 0 Å². The van der Waals surface area contributed by atoms with E-state index in [4.69, 9.17) is 10.5 Å². The summed E-state index contributed by atoms with van der Waals surface area (Å²) in [7, 11) is 0. The van der Waals surface area contributed by atoms with Crippen molar-refractivity contribution in [2.45, 2.75) is 72.3 Å². The molecule has 2 heterocycles. The Morgan fingerprint density at radius 2 is 2.03 bits per heavy atom. The number of hydrogen-bond donors (Lipinski definition) is 2. The van der Waals surface area contributed by atoms with Crippen molar-refractivity contribution in [3.63, 3.8) is 0 Å². The van der Waals surface area contributed by atoms with Gasteiger partial charge in [-0.3, -0.25) is 14.5 Å². The Labute approximate surface area is 216 Å². The van der Waals surface area contributed by atoms with Gasteiger partial charge in [0.25, 0.3) is 0 Å². The summed E-state index contributed by atoms with van der Waals surface area (Å²) in [6, 6.07) is 5.85. The molecular weight excluding hydrogens is 454 g/mol. The molecule has 3 rings (SSSR count). The number of aliphatic carboxylic acids is 1. The second-order valence-electron chi connectivity index (χ2n) is 11.4. The number of nitrogens with two attached hydrogens (primary N) is 1. The fraction of sp³-hybridized carbons (Fsp3) is 0.655. The van der Waals surface area contributed by atoms with Crippen LogP contribution in [0.4, 0.5) is 0 Å². The van der Waals surface area contributed by atoms with E-state index in [0.29, 0.717) is 39.2 Å². The van der Waals surface area contributed by atoms with Gasteiger partial charge in [-0.15, -0.1) is 0 Å². The number of hydrogen-bond acceptors (Lipinski definition) is 5. The second kappa shape index (κ2) is 12.2. The average Bonchev–Trinajstić information content (AvgIpc) is 3.39. The fourth-order valence-corrected chi connectivity index (χ4v) is 6.04. The van der Waals surface area contributed by atoms with Crippen molar-refractivity contribution in [2.24, 2.45) is 17.1 Å². The molecule has 7 nitrogen and oxygen atoms in total. The minimum atomic E-state index is -0.797. The average molecular weight is 500 g/mol. The number of carboxylic acid groups (broad SMARTS) is 1. The van der Waals surface area contributed by atoms with E-state index in [0.717, 1.165) is 36.1 Å². The van der Waals surface area contributed by atoms with Gasteiger partial charge in [0.15, 0.2) is 0 Å². The molecule has 1 aromatic carbocycles. The zero-order chi connectivity index (χ0) is 26.5. The lowest BCUT2D eigenvalue weighted by Crippen LogP contribution is -2.46. The van der Waals surface area contributed by atoms with Crippen molar-refractivity contribution in [3.8, 4) is 5.75 Å². The molecule has 0 aliphatic carbocycles. The van der Waals surface area contributed by atoms with Gasteiger partial charge in [0.1, 0.15) is 5.75 Å². The van der Waals surface area contributed by atoms with Crippen LogP contribution >= 0.6 is 0 Å². The molecule has 0 unspecified atom stereocenters. The van der Waals surface area contributed by atoms with Gasteiger partial charge in [0, 0.05) is 44.6 Å². The highest BCUT2D eigenvalue weighted by Crippen LogP contribution is 2.44. The molecule has 0 aromatic heterocycles. The molecule has 3 atom stereocenters. The molecule has 3 N–H and O–H groups in total. The second-order valence-corrected chi connectivity index (χ2v) is 11.4. The van der Waals surface area contributed by atoms with Crippen LogP contribution in [0, 0.1) is 11.3 Å². The number of likely N-dealkylation sites (tertiary alicyclic amines) is 1. The van der Waals surface area contributed by atoms with Crippen molar-refractivity contribution in [1.82, 2.24) is 9.80 Å². The summed E-state index contributed by atoms with van der Waals surface area (Å²) in [6.07, 6.45) is 5.66. The van der Waals surface area contributed by atoms with Crippen molar-refractivity contribution in [1.29, 1.82) is 0 Å². The Bertz CT molecular complexity index is 954. The van der Waals surface area contributed by atoms with Crippen LogP contribution in [0.1, 0.15) is 70.9 Å². The first-order valence-electron chi connectivity index (χ1n) is 13.4. The lowest BCUT2D eigenvalue weighted by Gasteiger charge is -2.34. The number of rotatable bonds is 12. The number of allylic oxidation sites excluding steroid dienone is 2. The molecule has 0 spiro atoms. The van der Waals surface area contributed by atoms with E-state index in [1.807, 2.05) is 17.0 Å². The SMILES string of the molecule is CCCCN(CCN)C(=O)CN1C[C@H](c2ccc3c(c2)CCO3)[C@@H](C(=O)O)[C@@H]1CC(C)(C)C=C(C)C. The standard InChI is InChI=1S/C29H45N3O4/c1-6-7-12-31(13-11-30)26(33)19-32-18-23(21-8-9-25-22(15-21)10-14-36-25)27(28(34)35)24(32)17-29(4,5)16-20(2)3/h8-9,15-16,23-24,27H,6-7,10-14,17-19,30H2,1-5H3,(H,34,35)/t23-,24+,27-/m1/s1. The molecule has 1 amide bonds. The lowest BCUT2D eigenvalue weighted by molar-refractivity contribution is -0.144. The molecule has 0 bridgehead atoms. The van der Waals surface area contributed by atoms with E-state index >= 15 is 0 Å². The maximum atomic E-state index is 13.4. The molecule has 1 fully saturated rings. The van der Waals surface area contributed by atoms with Crippen molar-refractivity contribution >= 4 is 11.9 Å². The Morgan fingerprint density at radius 3 is 2.67 bits per heavy atom. The first-order valence-corrected chi connectivity index (χ1v) is 13.4. The molecule has 1 aromatic rings. The van der Waals surface area contributed by atoms with Crippen molar-refractivity contribution < 1.29 is 19.4 Å². The quantitative estimate of drug-likeness (QED) is 0.421. The third-order valence-corrected chi connectivity index (χ3v) is 7.46. The van der Waals surface area contributed by atoms with Crippen molar-refractivity contribution in [3.05, 3.63) is 41.0 Å². The molecule has 36 heavy (non-hydrogen) atoms. The summed E-state index contributed by atoms with van der Waals surface area (Å²) in [5, 5.41) is 10.5. The maximum Gasteiger partial charge on any atom is 0.308 e. The van der Waals surface area contributed by atoms with Crippen LogP contribution in [0.15, 0.2) is 29.8 Å². The van der Waals surface area contributed by atoms with E-state index in [1.54, 1.807) is 0 Å². The van der Waals surface area contributed by atoms with Gasteiger partial charge in [-0.05, 0) is 49.3 Å². The van der Waals surface area contributed by atoms with Crippen LogP contribution in [-0.2, 0) is 16.0 Å². The zero-order valence-electron chi connectivity index (χ0n) is 22.8. The van der Waals surface area contributed by atoms with Crippen LogP contribution in [-0.4, -0.2) is 72.2 Å². The summed E-state index contributed by atoms with van der Waals surface area (Å²) in [4.78, 5) is 30.2. The van der Waals surface area contributed by atoms with Gasteiger partial charge in [0.2, 0.25) is 5.91 Å². The first kappa shape index (κ1) is 28.2. The number of ether oxygens (including phenoxy) is 1. The number of carbonyl (C=O) groups excluding carboxylic acids is 1. The number of benzene rings is 1. The highest BCUT2D eigenvalue weighted by atomic mass is 16.5. The number of amides is 1. The summed E-state index contributed by atoms with van der Waals surface area (Å²) in [5.41, 5.74) is 8.98. The van der Waals surface area contributed by atoms with Crippen LogP contribution in [0.2, 0.25) is 0 Å². The summed E-state index contributed by atoms with van der Waals surface area (Å²) in [6.45, 7) is 13.6. The van der Waals surface area contributed by atoms with Crippen LogP contribution < -0.4 is 10.5 Å². The van der Waals surface area contributed by atoms with Gasteiger partial charge < -0.3 is 20.5 Å². The molecule has 1 saturated heterocycles. The summed E-state index contributed by atoms with van der Waals surface area (Å²) in [5.74, 6) is -0.653. The Balaban J connectivity index is 1.94. The highest BCUT2D eigenvalue weighted by molar-refractivity contribution is 5.79. The maximum absolute atomic E-state index is 13.4. The number of fused-ring (bicyclic) bond motifs is 1. The Hall–Kier alpha value is -2.38. The van der Waals surface area contributed by atoms with Gasteiger partial charge in [-0.1, -0.05) is 51.0 Å². The molecule has 0 saturated carbocycles. The highest BCUT2D eigenvalue weighted by Gasteiger charge is 2.48. The molecule has 2 aliphatic rings. The summed E-state index contributed by atoms with van der Waals surface area (Å²) >= 11 is 0. The monoisotopic (exact) mass is 499 g/mol. The van der Waals surface area contributed by atoms with Crippen LogP contribution in [0.25, 0.3) is 0 Å². The Morgan fingerprint density at radius 1 is 1.28 bits per heavy atom. The topological polar surface area (TPSA) is 96.1 Å².